The zero-order chi connectivity index (χ0) is 35.4. The Morgan fingerprint density at radius 1 is 0.936 bits per heavy atom. The number of hydrogen-bond donors (Lipinski definition) is 5. The van der Waals surface area contributed by atoms with Crippen molar-refractivity contribution in [1.29, 1.82) is 0 Å². The third-order valence-electron chi connectivity index (χ3n) is 7.64. The number of carbonyl (C=O) groups excluding carboxylic acids is 3. The number of unbranched alkanes of at least 4 members (excludes halogenated alkanes) is 2. The molecule has 1 aromatic heterocycles. The number of aliphatic carboxylic acids is 1. The largest absolute Gasteiger partial charge is 0.481 e. The molecule has 0 aliphatic rings. The lowest BCUT2D eigenvalue weighted by Crippen LogP contribution is -2.46. The molecule has 264 valence electrons. The van der Waals surface area contributed by atoms with Gasteiger partial charge in [-0.25, -0.2) is 4.98 Å². The number of aliphatic hydroxyl groups excluding tert-OH is 1. The minimum absolute atomic E-state index is 0.00724. The summed E-state index contributed by atoms with van der Waals surface area (Å²) in [4.78, 5) is 55.5. The number of benzene rings is 1. The Morgan fingerprint density at radius 2 is 1.60 bits per heavy atom. The minimum Gasteiger partial charge on any atom is -0.481 e. The molecule has 11 nitrogen and oxygen atoms in total. The summed E-state index contributed by atoms with van der Waals surface area (Å²) in [7, 11) is 1.86. The van der Waals surface area contributed by atoms with Gasteiger partial charge in [0, 0.05) is 23.9 Å². The highest BCUT2D eigenvalue weighted by molar-refractivity contribution is 7.09. The predicted molar refractivity (Wildman–Crippen MR) is 187 cm³/mol. The van der Waals surface area contributed by atoms with Crippen LogP contribution in [0.5, 0.6) is 0 Å². The van der Waals surface area contributed by atoms with Gasteiger partial charge in [0.1, 0.15) is 16.8 Å². The second-order valence-electron chi connectivity index (χ2n) is 12.4. The van der Waals surface area contributed by atoms with Crippen LogP contribution in [0.2, 0.25) is 0 Å². The second-order valence-corrected chi connectivity index (χ2v) is 13.3. The van der Waals surface area contributed by atoms with E-state index in [0.717, 1.165) is 36.3 Å². The van der Waals surface area contributed by atoms with Gasteiger partial charge in [0.05, 0.1) is 19.0 Å². The van der Waals surface area contributed by atoms with E-state index in [1.807, 2.05) is 56.1 Å². The molecule has 5 N–H and O–H groups in total. The molecule has 1 aromatic carbocycles. The first-order chi connectivity index (χ1) is 22.3. The molecule has 0 aliphatic carbocycles. The summed E-state index contributed by atoms with van der Waals surface area (Å²) in [5, 5.41) is 30.7. The van der Waals surface area contributed by atoms with Gasteiger partial charge in [-0.05, 0) is 44.3 Å². The molecule has 47 heavy (non-hydrogen) atoms. The van der Waals surface area contributed by atoms with Crippen LogP contribution in [-0.4, -0.2) is 82.6 Å². The summed E-state index contributed by atoms with van der Waals surface area (Å²) in [6, 6.07) is 8.70. The van der Waals surface area contributed by atoms with E-state index in [0.29, 0.717) is 11.4 Å². The molecule has 0 fully saturated rings. The molecule has 4 atom stereocenters. The van der Waals surface area contributed by atoms with Crippen LogP contribution in [0.25, 0.3) is 0 Å². The number of hydrogen-bond acceptors (Lipinski definition) is 8. The van der Waals surface area contributed by atoms with Gasteiger partial charge in [0.2, 0.25) is 11.8 Å². The van der Waals surface area contributed by atoms with E-state index < -0.39 is 29.9 Å². The van der Waals surface area contributed by atoms with E-state index in [2.05, 4.69) is 41.7 Å². The average Bonchev–Trinajstić information content (AvgIpc) is 3.54. The van der Waals surface area contributed by atoms with Gasteiger partial charge in [-0.3, -0.25) is 24.1 Å². The first kappa shape index (κ1) is 41.7. The first-order valence-corrected chi connectivity index (χ1v) is 17.6. The molecule has 0 saturated carbocycles. The third kappa shape index (κ3) is 17.4. The Bertz CT molecular complexity index is 1210. The molecule has 12 heteroatoms. The Labute approximate surface area is 284 Å². The normalized spacial score (nSPS) is 13.6. The van der Waals surface area contributed by atoms with Gasteiger partial charge in [0.25, 0.3) is 5.91 Å². The van der Waals surface area contributed by atoms with Gasteiger partial charge in [-0.1, -0.05) is 91.1 Å². The monoisotopic (exact) mass is 675 g/mol. The summed E-state index contributed by atoms with van der Waals surface area (Å²) < 4.78 is 0. The molecule has 2 aromatic rings. The van der Waals surface area contributed by atoms with Crippen molar-refractivity contribution < 1.29 is 29.4 Å². The number of thiazole rings is 1. The van der Waals surface area contributed by atoms with Crippen LogP contribution in [0, 0.1) is 11.8 Å². The van der Waals surface area contributed by atoms with Gasteiger partial charge < -0.3 is 26.2 Å². The number of amides is 3. The third-order valence-corrected chi connectivity index (χ3v) is 8.59. The highest BCUT2D eigenvalue weighted by atomic mass is 32.1. The lowest BCUT2D eigenvalue weighted by atomic mass is 9.96. The molecule has 4 unspecified atom stereocenters. The predicted octanol–water partition coefficient (Wildman–Crippen LogP) is 4.81. The van der Waals surface area contributed by atoms with Crippen molar-refractivity contribution in [3.05, 3.63) is 52.0 Å². The maximum atomic E-state index is 13.1. The molecular weight excluding hydrogens is 618 g/mol. The maximum Gasteiger partial charge on any atom is 0.306 e. The van der Waals surface area contributed by atoms with Crippen molar-refractivity contribution in [1.82, 2.24) is 25.8 Å². The highest BCUT2D eigenvalue weighted by Crippen LogP contribution is 2.25. The number of nitrogens with zero attached hydrogens (tertiary/aromatic N) is 2. The number of likely N-dealkylation sites (N-methyl/N-ethyl adjacent to an activating group) is 1. The van der Waals surface area contributed by atoms with Crippen molar-refractivity contribution in [2.75, 3.05) is 26.7 Å². The summed E-state index contributed by atoms with van der Waals surface area (Å²) >= 11 is 1.14. The second kappa shape index (κ2) is 23.1. The summed E-state index contributed by atoms with van der Waals surface area (Å²) in [5.74, 6) is -2.62. The maximum absolute atomic E-state index is 13.1. The quantitative estimate of drug-likeness (QED) is 0.134. The van der Waals surface area contributed by atoms with Crippen molar-refractivity contribution in [3.63, 3.8) is 0 Å². The molecule has 3 amide bonds. The minimum atomic E-state index is -1.02. The molecule has 0 spiro atoms. The summed E-state index contributed by atoms with van der Waals surface area (Å²) in [6.07, 6.45) is 4.55. The molecule has 0 bridgehead atoms. The van der Waals surface area contributed by atoms with Crippen LogP contribution < -0.4 is 16.0 Å². The fraction of sp³-hybridized carbons (Fsp3) is 0.629. The van der Waals surface area contributed by atoms with Gasteiger partial charge >= 0.3 is 5.97 Å². The van der Waals surface area contributed by atoms with Crippen molar-refractivity contribution in [3.8, 4) is 0 Å². The number of rotatable bonds is 20. The average molecular weight is 676 g/mol. The zero-order valence-electron chi connectivity index (χ0n) is 29.3. The number of aromatic nitrogens is 1. The van der Waals surface area contributed by atoms with Crippen LogP contribution in [0.3, 0.4) is 0 Å². The molecule has 1 heterocycles. The SMILES string of the molecule is CCCC.CCCCN(C)CC(=O)NCC(=O)NC(CC(O)c1nc(C(=O)NC(Cc2ccccc2)CC(C)C(=O)O)cs1)C(C)C. The molecule has 0 saturated heterocycles. The Hall–Kier alpha value is -3.35. The van der Waals surface area contributed by atoms with Crippen molar-refractivity contribution in [2.24, 2.45) is 11.8 Å². The van der Waals surface area contributed by atoms with Crippen LogP contribution in [0.4, 0.5) is 0 Å². The fourth-order valence-electron chi connectivity index (χ4n) is 4.51. The topological polar surface area (TPSA) is 161 Å². The van der Waals surface area contributed by atoms with Crippen LogP contribution in [-0.2, 0) is 20.8 Å². The zero-order valence-corrected chi connectivity index (χ0v) is 30.1. The number of aliphatic hydroxyl groups is 1. The molecule has 0 aliphatic heterocycles. The van der Waals surface area contributed by atoms with E-state index in [-0.39, 0.29) is 55.4 Å². The smallest absolute Gasteiger partial charge is 0.306 e. The Morgan fingerprint density at radius 3 is 2.17 bits per heavy atom. The van der Waals surface area contributed by atoms with Gasteiger partial charge in [0.15, 0.2) is 0 Å². The van der Waals surface area contributed by atoms with E-state index in [1.54, 1.807) is 12.3 Å². The van der Waals surface area contributed by atoms with Gasteiger partial charge in [-0.2, -0.15) is 0 Å². The number of carboxylic acids is 1. The number of nitrogens with one attached hydrogen (secondary N) is 3. The van der Waals surface area contributed by atoms with E-state index >= 15 is 0 Å². The Balaban J connectivity index is 0.00000260. The van der Waals surface area contributed by atoms with E-state index in [4.69, 9.17) is 0 Å². The Kier molecular flexibility index (Phi) is 20.4. The standard InChI is InChI=1S/C31H47N5O6S.C4H10/c1-6-7-13-36(5)18-28(39)32-17-27(38)34-24(20(2)3)16-26(37)30-35-25(19-43-30)29(40)33-23(14-21(4)31(41)42)15-22-11-9-8-10-12-22;1-3-4-2/h8-12,19-21,23-24,26,37H,6-7,13-18H2,1-5H3,(H,32,39)(H,33,40)(H,34,38)(H,41,42);3-4H2,1-2H3. The van der Waals surface area contributed by atoms with Crippen molar-refractivity contribution >= 4 is 35.0 Å². The fourth-order valence-corrected chi connectivity index (χ4v) is 5.30. The number of carboxylic acid groups (broad SMARTS) is 1. The summed E-state index contributed by atoms with van der Waals surface area (Å²) in [6.45, 7) is 12.8. The highest BCUT2D eigenvalue weighted by Gasteiger charge is 2.26. The van der Waals surface area contributed by atoms with Crippen LogP contribution in [0.15, 0.2) is 35.7 Å². The van der Waals surface area contributed by atoms with Gasteiger partial charge in [-0.15, -0.1) is 11.3 Å². The van der Waals surface area contributed by atoms with Crippen LogP contribution >= 0.6 is 11.3 Å². The lowest BCUT2D eigenvalue weighted by Gasteiger charge is -2.24. The van der Waals surface area contributed by atoms with E-state index in [1.165, 1.54) is 12.8 Å². The first-order valence-electron chi connectivity index (χ1n) is 16.8. The van der Waals surface area contributed by atoms with Crippen molar-refractivity contribution in [2.45, 2.75) is 105 Å². The van der Waals surface area contributed by atoms with Crippen LogP contribution in [0.1, 0.15) is 107 Å². The summed E-state index contributed by atoms with van der Waals surface area (Å²) in [5.41, 5.74) is 1.11. The molecule has 2 rings (SSSR count). The molecular formula is C35H57N5O6S. The van der Waals surface area contributed by atoms with E-state index in [9.17, 15) is 29.4 Å². The lowest BCUT2D eigenvalue weighted by molar-refractivity contribution is -0.141. The molecule has 0 radical (unpaired) electrons. The number of carbonyl (C=O) groups is 4.